The highest BCUT2D eigenvalue weighted by Gasteiger charge is 2.08. The summed E-state index contributed by atoms with van der Waals surface area (Å²) in [6, 6.07) is 0.189. The van der Waals surface area contributed by atoms with Crippen molar-refractivity contribution in [3.05, 3.63) is 5.89 Å². The maximum absolute atomic E-state index is 5.61. The Morgan fingerprint density at radius 2 is 2.12 bits per heavy atom. The average molecular weight is 242 g/mol. The quantitative estimate of drug-likeness (QED) is 0.673. The van der Waals surface area contributed by atoms with Crippen LogP contribution in [-0.2, 0) is 4.74 Å². The van der Waals surface area contributed by atoms with Gasteiger partial charge in [0, 0.05) is 19.8 Å². The summed E-state index contributed by atoms with van der Waals surface area (Å²) >= 11 is 0. The van der Waals surface area contributed by atoms with Crippen molar-refractivity contribution in [3.63, 3.8) is 0 Å². The molecule has 0 aliphatic rings. The van der Waals surface area contributed by atoms with Gasteiger partial charge in [0.15, 0.2) is 0 Å². The summed E-state index contributed by atoms with van der Waals surface area (Å²) < 4.78 is 10.7. The monoisotopic (exact) mass is 242 g/mol. The Balaban J connectivity index is 2.09. The van der Waals surface area contributed by atoms with E-state index in [1.54, 1.807) is 6.92 Å². The molecule has 1 rings (SSSR count). The molecule has 0 spiro atoms. The molecular formula is C11H22N4O2. The number of hydrogen-bond acceptors (Lipinski definition) is 6. The van der Waals surface area contributed by atoms with Gasteiger partial charge in [0.1, 0.15) is 0 Å². The van der Waals surface area contributed by atoms with Gasteiger partial charge in [-0.05, 0) is 19.3 Å². The van der Waals surface area contributed by atoms with E-state index in [4.69, 9.17) is 14.9 Å². The summed E-state index contributed by atoms with van der Waals surface area (Å²) in [4.78, 5) is 0. The van der Waals surface area contributed by atoms with Crippen LogP contribution in [0.25, 0.3) is 0 Å². The fourth-order valence-electron chi connectivity index (χ4n) is 1.18. The van der Waals surface area contributed by atoms with E-state index in [2.05, 4.69) is 29.4 Å². The Morgan fingerprint density at radius 1 is 1.35 bits per heavy atom. The van der Waals surface area contributed by atoms with Crippen molar-refractivity contribution in [2.24, 2.45) is 11.7 Å². The molecule has 98 valence electrons. The van der Waals surface area contributed by atoms with E-state index in [0.29, 0.717) is 17.8 Å². The summed E-state index contributed by atoms with van der Waals surface area (Å²) in [6.07, 6.45) is 0.905. The SMILES string of the molecule is CC(C)COCCCNc1nnc(C(C)N)o1. The van der Waals surface area contributed by atoms with Crippen LogP contribution in [-0.4, -0.2) is 30.0 Å². The Morgan fingerprint density at radius 3 is 2.71 bits per heavy atom. The molecule has 1 unspecified atom stereocenters. The molecule has 0 saturated heterocycles. The van der Waals surface area contributed by atoms with Gasteiger partial charge in [-0.25, -0.2) is 0 Å². The van der Waals surface area contributed by atoms with Crippen molar-refractivity contribution >= 4 is 6.01 Å². The van der Waals surface area contributed by atoms with Crippen LogP contribution < -0.4 is 11.1 Å². The van der Waals surface area contributed by atoms with Crippen LogP contribution in [0.3, 0.4) is 0 Å². The van der Waals surface area contributed by atoms with Crippen LogP contribution in [0.1, 0.15) is 39.1 Å². The molecule has 0 aliphatic heterocycles. The smallest absolute Gasteiger partial charge is 0.315 e. The lowest BCUT2D eigenvalue weighted by molar-refractivity contribution is 0.109. The molecule has 1 aromatic heterocycles. The van der Waals surface area contributed by atoms with Gasteiger partial charge < -0.3 is 20.2 Å². The molecule has 17 heavy (non-hydrogen) atoms. The van der Waals surface area contributed by atoms with Crippen molar-refractivity contribution < 1.29 is 9.15 Å². The lowest BCUT2D eigenvalue weighted by Gasteiger charge is -2.06. The van der Waals surface area contributed by atoms with Crippen LogP contribution in [0.15, 0.2) is 4.42 Å². The van der Waals surface area contributed by atoms with Crippen LogP contribution in [0.5, 0.6) is 0 Å². The number of anilines is 1. The van der Waals surface area contributed by atoms with Crippen molar-refractivity contribution in [3.8, 4) is 0 Å². The second kappa shape index (κ2) is 7.24. The largest absolute Gasteiger partial charge is 0.406 e. The molecule has 0 aliphatic carbocycles. The summed E-state index contributed by atoms with van der Waals surface area (Å²) in [6.45, 7) is 8.35. The molecule has 0 fully saturated rings. The number of nitrogens with two attached hydrogens (primary N) is 1. The first kappa shape index (κ1) is 13.9. The number of ether oxygens (including phenoxy) is 1. The molecule has 6 nitrogen and oxygen atoms in total. The zero-order valence-corrected chi connectivity index (χ0v) is 10.8. The van der Waals surface area contributed by atoms with Crippen molar-refractivity contribution in [2.45, 2.75) is 33.2 Å². The predicted octanol–water partition coefficient (Wildman–Crippen LogP) is 1.56. The van der Waals surface area contributed by atoms with Gasteiger partial charge in [-0.2, -0.15) is 0 Å². The van der Waals surface area contributed by atoms with Gasteiger partial charge in [0.25, 0.3) is 0 Å². The van der Waals surface area contributed by atoms with Gasteiger partial charge in [-0.3, -0.25) is 0 Å². The molecule has 0 radical (unpaired) electrons. The molecule has 0 bridgehead atoms. The highest BCUT2D eigenvalue weighted by molar-refractivity contribution is 5.16. The highest BCUT2D eigenvalue weighted by atomic mass is 16.5. The normalized spacial score (nSPS) is 13.0. The Hall–Kier alpha value is -1.14. The van der Waals surface area contributed by atoms with E-state index in [0.717, 1.165) is 26.2 Å². The lowest BCUT2D eigenvalue weighted by Crippen LogP contribution is -2.08. The standard InChI is InChI=1S/C11H22N4O2/c1-8(2)7-16-6-4-5-13-11-15-14-10(17-11)9(3)12/h8-9H,4-7,12H2,1-3H3,(H,13,15). The van der Waals surface area contributed by atoms with Gasteiger partial charge >= 0.3 is 6.01 Å². The molecule has 1 atom stereocenters. The predicted molar refractivity (Wildman–Crippen MR) is 65.7 cm³/mol. The minimum absolute atomic E-state index is 0.229. The van der Waals surface area contributed by atoms with E-state index in [-0.39, 0.29) is 6.04 Å². The van der Waals surface area contributed by atoms with Gasteiger partial charge in [-0.1, -0.05) is 18.9 Å². The molecule has 0 amide bonds. The molecular weight excluding hydrogens is 220 g/mol. The van der Waals surface area contributed by atoms with Gasteiger partial charge in [-0.15, -0.1) is 5.10 Å². The number of hydrogen-bond donors (Lipinski definition) is 2. The van der Waals surface area contributed by atoms with Crippen LogP contribution in [0, 0.1) is 5.92 Å². The first-order chi connectivity index (χ1) is 8.09. The zero-order chi connectivity index (χ0) is 12.7. The minimum Gasteiger partial charge on any atom is -0.406 e. The minimum atomic E-state index is -0.229. The lowest BCUT2D eigenvalue weighted by atomic mass is 10.2. The Kier molecular flexibility index (Phi) is 5.93. The summed E-state index contributed by atoms with van der Waals surface area (Å²) in [5.74, 6) is 1.02. The third-order valence-corrected chi connectivity index (χ3v) is 2.02. The number of nitrogens with zero attached hydrogens (tertiary/aromatic N) is 2. The number of rotatable bonds is 8. The van der Waals surface area contributed by atoms with Crippen LogP contribution in [0.4, 0.5) is 6.01 Å². The van der Waals surface area contributed by atoms with Crippen molar-refractivity contribution in [2.75, 3.05) is 25.1 Å². The second-order valence-corrected chi connectivity index (χ2v) is 4.48. The van der Waals surface area contributed by atoms with E-state index in [9.17, 15) is 0 Å². The van der Waals surface area contributed by atoms with Gasteiger partial charge in [0.2, 0.25) is 5.89 Å². The van der Waals surface area contributed by atoms with E-state index >= 15 is 0 Å². The first-order valence-corrected chi connectivity index (χ1v) is 6.00. The first-order valence-electron chi connectivity index (χ1n) is 6.00. The maximum atomic E-state index is 5.61. The van der Waals surface area contributed by atoms with E-state index in [1.807, 2.05) is 0 Å². The summed E-state index contributed by atoms with van der Waals surface area (Å²) in [7, 11) is 0. The zero-order valence-electron chi connectivity index (χ0n) is 10.8. The van der Waals surface area contributed by atoms with E-state index < -0.39 is 0 Å². The molecule has 0 aromatic carbocycles. The summed E-state index contributed by atoms with van der Waals surface area (Å²) in [5, 5.41) is 10.7. The average Bonchev–Trinajstić information content (AvgIpc) is 2.71. The van der Waals surface area contributed by atoms with Crippen LogP contribution in [0.2, 0.25) is 0 Å². The molecule has 1 heterocycles. The number of aromatic nitrogens is 2. The fourth-order valence-corrected chi connectivity index (χ4v) is 1.18. The summed E-state index contributed by atoms with van der Waals surface area (Å²) in [5.41, 5.74) is 5.61. The molecule has 3 N–H and O–H groups in total. The van der Waals surface area contributed by atoms with Crippen LogP contribution >= 0.6 is 0 Å². The molecule has 1 aromatic rings. The topological polar surface area (TPSA) is 86.2 Å². The molecule has 6 heteroatoms. The molecule has 0 saturated carbocycles. The van der Waals surface area contributed by atoms with E-state index in [1.165, 1.54) is 0 Å². The van der Waals surface area contributed by atoms with Crippen molar-refractivity contribution in [1.82, 2.24) is 10.2 Å². The highest BCUT2D eigenvalue weighted by Crippen LogP contribution is 2.10. The van der Waals surface area contributed by atoms with Gasteiger partial charge in [0.05, 0.1) is 6.04 Å². The van der Waals surface area contributed by atoms with Crippen molar-refractivity contribution in [1.29, 1.82) is 0 Å². The third-order valence-electron chi connectivity index (χ3n) is 2.02. The second-order valence-electron chi connectivity index (χ2n) is 4.48. The fraction of sp³-hybridized carbons (Fsp3) is 0.818. The Labute approximate surface area is 102 Å². The third kappa shape index (κ3) is 5.65. The Bertz CT molecular complexity index is 312. The number of nitrogens with one attached hydrogen (secondary N) is 1. The maximum Gasteiger partial charge on any atom is 0.315 e.